The second-order valence-corrected chi connectivity index (χ2v) is 7.64. The predicted molar refractivity (Wildman–Crippen MR) is 115 cm³/mol. The van der Waals surface area contributed by atoms with Crippen molar-refractivity contribution in [2.75, 3.05) is 0 Å². The highest BCUT2D eigenvalue weighted by Crippen LogP contribution is 2.32. The minimum absolute atomic E-state index is 0.533. The Balaban J connectivity index is 1.72. The SMILES string of the molecule is Cc1cccc(COc2ccnc3c(C)c(C)n(Cc4ccc(Cl)cc4)c23)c1. The minimum atomic E-state index is 0.533. The van der Waals surface area contributed by atoms with E-state index >= 15 is 0 Å². The summed E-state index contributed by atoms with van der Waals surface area (Å²) in [4.78, 5) is 4.63. The van der Waals surface area contributed by atoms with Gasteiger partial charge >= 0.3 is 0 Å². The molecule has 0 N–H and O–H groups in total. The number of benzene rings is 2. The molecule has 0 aliphatic heterocycles. The van der Waals surface area contributed by atoms with Gasteiger partial charge in [0.15, 0.2) is 0 Å². The van der Waals surface area contributed by atoms with Crippen LogP contribution in [0, 0.1) is 20.8 Å². The van der Waals surface area contributed by atoms with Crippen LogP contribution >= 0.6 is 11.6 Å². The molecule has 0 saturated carbocycles. The average molecular weight is 391 g/mol. The fourth-order valence-electron chi connectivity index (χ4n) is 3.56. The van der Waals surface area contributed by atoms with Gasteiger partial charge < -0.3 is 9.30 Å². The molecular formula is C24H23ClN2O. The number of nitrogens with zero attached hydrogens (tertiary/aromatic N) is 2. The molecule has 0 amide bonds. The number of ether oxygens (including phenoxy) is 1. The third-order valence-electron chi connectivity index (χ3n) is 5.19. The number of pyridine rings is 1. The van der Waals surface area contributed by atoms with E-state index < -0.39 is 0 Å². The Kier molecular flexibility index (Phi) is 5.10. The van der Waals surface area contributed by atoms with Gasteiger partial charge in [0.25, 0.3) is 0 Å². The molecule has 2 heterocycles. The van der Waals surface area contributed by atoms with Crippen LogP contribution in [0.3, 0.4) is 0 Å². The van der Waals surface area contributed by atoms with Crippen molar-refractivity contribution in [3.63, 3.8) is 0 Å². The maximum atomic E-state index is 6.24. The second-order valence-electron chi connectivity index (χ2n) is 7.21. The van der Waals surface area contributed by atoms with Crippen molar-refractivity contribution in [3.8, 4) is 5.75 Å². The maximum Gasteiger partial charge on any atom is 0.147 e. The molecule has 2 aromatic heterocycles. The maximum absolute atomic E-state index is 6.24. The fourth-order valence-corrected chi connectivity index (χ4v) is 3.69. The van der Waals surface area contributed by atoms with E-state index in [4.69, 9.17) is 16.3 Å². The predicted octanol–water partition coefficient (Wildman–Crippen LogP) is 6.24. The van der Waals surface area contributed by atoms with Gasteiger partial charge in [-0.15, -0.1) is 0 Å². The number of rotatable bonds is 5. The first-order chi connectivity index (χ1) is 13.5. The van der Waals surface area contributed by atoms with E-state index in [1.807, 2.05) is 24.4 Å². The van der Waals surface area contributed by atoms with Crippen molar-refractivity contribution in [3.05, 3.63) is 93.8 Å². The largest absolute Gasteiger partial charge is 0.487 e. The van der Waals surface area contributed by atoms with Crippen LogP contribution in [-0.4, -0.2) is 9.55 Å². The lowest BCUT2D eigenvalue weighted by atomic mass is 10.1. The van der Waals surface area contributed by atoms with Crippen LogP contribution in [0.15, 0.2) is 60.8 Å². The lowest BCUT2D eigenvalue weighted by Crippen LogP contribution is -2.04. The molecule has 4 heteroatoms. The zero-order chi connectivity index (χ0) is 19.7. The number of aromatic nitrogens is 2. The number of halogens is 1. The first-order valence-electron chi connectivity index (χ1n) is 9.40. The molecule has 28 heavy (non-hydrogen) atoms. The van der Waals surface area contributed by atoms with Crippen LogP contribution in [0.25, 0.3) is 11.0 Å². The highest BCUT2D eigenvalue weighted by Gasteiger charge is 2.17. The van der Waals surface area contributed by atoms with Gasteiger partial charge in [0.2, 0.25) is 0 Å². The summed E-state index contributed by atoms with van der Waals surface area (Å²) in [6.45, 7) is 7.63. The zero-order valence-electron chi connectivity index (χ0n) is 16.4. The molecule has 4 rings (SSSR count). The highest BCUT2D eigenvalue weighted by molar-refractivity contribution is 6.30. The summed E-state index contributed by atoms with van der Waals surface area (Å²) in [5.41, 5.74) is 8.01. The van der Waals surface area contributed by atoms with Crippen molar-refractivity contribution in [1.29, 1.82) is 0 Å². The molecule has 3 nitrogen and oxygen atoms in total. The lowest BCUT2D eigenvalue weighted by Gasteiger charge is -2.13. The molecule has 0 saturated heterocycles. The molecule has 142 valence electrons. The summed E-state index contributed by atoms with van der Waals surface area (Å²) in [6, 6.07) is 18.3. The molecule has 0 atom stereocenters. The lowest BCUT2D eigenvalue weighted by molar-refractivity contribution is 0.308. The zero-order valence-corrected chi connectivity index (χ0v) is 17.1. The number of hydrogen-bond acceptors (Lipinski definition) is 2. The summed E-state index contributed by atoms with van der Waals surface area (Å²) >= 11 is 6.04. The molecule has 4 aromatic rings. The number of fused-ring (bicyclic) bond motifs is 1. The molecule has 0 fully saturated rings. The summed E-state index contributed by atoms with van der Waals surface area (Å²) in [7, 11) is 0. The summed E-state index contributed by atoms with van der Waals surface area (Å²) < 4.78 is 8.53. The van der Waals surface area contributed by atoms with Crippen LogP contribution in [0.1, 0.15) is 27.9 Å². The Morgan fingerprint density at radius 1 is 0.964 bits per heavy atom. The monoisotopic (exact) mass is 390 g/mol. The first kappa shape index (κ1) is 18.6. The molecule has 0 aliphatic carbocycles. The molecule has 2 aromatic carbocycles. The van der Waals surface area contributed by atoms with Crippen molar-refractivity contribution >= 4 is 22.6 Å². The second kappa shape index (κ2) is 7.69. The molecule has 0 aliphatic rings. The normalized spacial score (nSPS) is 11.1. The van der Waals surface area contributed by atoms with Crippen molar-refractivity contribution in [2.45, 2.75) is 33.9 Å². The Hall–Kier alpha value is -2.78. The van der Waals surface area contributed by atoms with Crippen LogP contribution < -0.4 is 4.74 Å². The van der Waals surface area contributed by atoms with Crippen LogP contribution in [0.4, 0.5) is 0 Å². The summed E-state index contributed by atoms with van der Waals surface area (Å²) in [5.74, 6) is 0.858. The first-order valence-corrected chi connectivity index (χ1v) is 9.78. The number of aryl methyl sites for hydroxylation is 2. The van der Waals surface area contributed by atoms with Crippen LogP contribution in [-0.2, 0) is 13.2 Å². The van der Waals surface area contributed by atoms with E-state index in [0.717, 1.165) is 33.9 Å². The van der Waals surface area contributed by atoms with Gasteiger partial charge in [-0.3, -0.25) is 4.98 Å². The van der Waals surface area contributed by atoms with Gasteiger partial charge in [-0.1, -0.05) is 53.6 Å². The molecule has 0 radical (unpaired) electrons. The van der Waals surface area contributed by atoms with Crippen molar-refractivity contribution in [2.24, 2.45) is 0 Å². The Bertz CT molecular complexity index is 1130. The average Bonchev–Trinajstić information content (AvgIpc) is 2.94. The molecule has 0 spiro atoms. The Labute approximate surface area is 170 Å². The van der Waals surface area contributed by atoms with Crippen molar-refractivity contribution < 1.29 is 4.74 Å². The van der Waals surface area contributed by atoms with Gasteiger partial charge in [0, 0.05) is 29.5 Å². The van der Waals surface area contributed by atoms with E-state index in [9.17, 15) is 0 Å². The molecule has 0 bridgehead atoms. The van der Waals surface area contributed by atoms with E-state index in [0.29, 0.717) is 6.61 Å². The Morgan fingerprint density at radius 3 is 2.50 bits per heavy atom. The van der Waals surface area contributed by atoms with Crippen LogP contribution in [0.2, 0.25) is 5.02 Å². The van der Waals surface area contributed by atoms with Gasteiger partial charge in [-0.05, 0) is 49.6 Å². The van der Waals surface area contributed by atoms with Gasteiger partial charge in [0.1, 0.15) is 17.9 Å². The van der Waals surface area contributed by atoms with E-state index in [-0.39, 0.29) is 0 Å². The quantitative estimate of drug-likeness (QED) is 0.403. The van der Waals surface area contributed by atoms with E-state index in [2.05, 4.69) is 66.7 Å². The number of hydrogen-bond donors (Lipinski definition) is 0. The summed E-state index contributed by atoms with van der Waals surface area (Å²) in [6.07, 6.45) is 1.83. The van der Waals surface area contributed by atoms with Gasteiger partial charge in [-0.25, -0.2) is 0 Å². The smallest absolute Gasteiger partial charge is 0.147 e. The fraction of sp³-hybridized carbons (Fsp3) is 0.208. The molecular weight excluding hydrogens is 368 g/mol. The third kappa shape index (κ3) is 3.63. The molecule has 0 unspecified atom stereocenters. The highest BCUT2D eigenvalue weighted by atomic mass is 35.5. The van der Waals surface area contributed by atoms with Gasteiger partial charge in [0.05, 0.1) is 5.52 Å². The van der Waals surface area contributed by atoms with Gasteiger partial charge in [-0.2, -0.15) is 0 Å². The Morgan fingerprint density at radius 2 is 1.75 bits per heavy atom. The summed E-state index contributed by atoms with van der Waals surface area (Å²) in [5, 5.41) is 0.748. The van der Waals surface area contributed by atoms with E-state index in [1.54, 1.807) is 0 Å². The van der Waals surface area contributed by atoms with E-state index in [1.165, 1.54) is 22.4 Å². The third-order valence-corrected chi connectivity index (χ3v) is 5.44. The standard InChI is InChI=1S/C24H23ClN2O/c1-16-5-4-6-20(13-16)15-28-22-11-12-26-23-17(2)18(3)27(24(22)23)14-19-7-9-21(25)10-8-19/h4-13H,14-15H2,1-3H3. The minimum Gasteiger partial charge on any atom is -0.487 e. The van der Waals surface area contributed by atoms with Crippen molar-refractivity contribution in [1.82, 2.24) is 9.55 Å². The topological polar surface area (TPSA) is 27.1 Å². The van der Waals surface area contributed by atoms with Crippen LogP contribution in [0.5, 0.6) is 5.75 Å².